The van der Waals surface area contributed by atoms with Crippen molar-refractivity contribution in [1.29, 1.82) is 0 Å². The normalized spacial score (nSPS) is 12.6. The third kappa shape index (κ3) is 4.54. The third-order valence-electron chi connectivity index (χ3n) is 5.39. The van der Waals surface area contributed by atoms with Gasteiger partial charge in [0.05, 0.1) is 17.1 Å². The van der Waals surface area contributed by atoms with E-state index < -0.39 is 0 Å². The molecule has 0 saturated carbocycles. The van der Waals surface area contributed by atoms with Gasteiger partial charge in [0.25, 0.3) is 0 Å². The molecule has 160 valence electrons. The monoisotopic (exact) mass is 458 g/mol. The molecule has 1 aromatic heterocycles. The Morgan fingerprint density at radius 1 is 0.875 bits per heavy atom. The van der Waals surface area contributed by atoms with E-state index in [2.05, 4.69) is 39.8 Å². The van der Waals surface area contributed by atoms with Crippen LogP contribution in [0.2, 0.25) is 0 Å². The highest BCUT2D eigenvalue weighted by Crippen LogP contribution is 2.37. The zero-order chi connectivity index (χ0) is 21.8. The van der Waals surface area contributed by atoms with Gasteiger partial charge in [0.1, 0.15) is 0 Å². The lowest BCUT2D eigenvalue weighted by Gasteiger charge is -2.24. The van der Waals surface area contributed by atoms with Crippen molar-refractivity contribution >= 4 is 45.5 Å². The predicted octanol–water partition coefficient (Wildman–Crippen LogP) is 5.71. The summed E-state index contributed by atoms with van der Waals surface area (Å²) in [5.74, 6) is 0.349. The van der Waals surface area contributed by atoms with E-state index in [4.69, 9.17) is 0 Å². The molecular formula is C25H22N4OS2. The van der Waals surface area contributed by atoms with Crippen molar-refractivity contribution in [1.82, 2.24) is 10.2 Å². The van der Waals surface area contributed by atoms with E-state index in [9.17, 15) is 4.79 Å². The van der Waals surface area contributed by atoms with Crippen LogP contribution in [0.3, 0.4) is 0 Å². The second kappa shape index (κ2) is 9.54. The van der Waals surface area contributed by atoms with Crippen molar-refractivity contribution in [2.45, 2.75) is 23.7 Å². The molecule has 1 N–H and O–H groups in total. The van der Waals surface area contributed by atoms with Gasteiger partial charge in [-0.05, 0) is 41.7 Å². The first-order valence-electron chi connectivity index (χ1n) is 10.5. The van der Waals surface area contributed by atoms with Crippen LogP contribution < -0.4 is 10.2 Å². The molecular weight excluding hydrogens is 436 g/mol. The van der Waals surface area contributed by atoms with Crippen molar-refractivity contribution in [3.05, 3.63) is 95.6 Å². The maximum atomic E-state index is 13.4. The van der Waals surface area contributed by atoms with Gasteiger partial charge in [-0.3, -0.25) is 9.69 Å². The van der Waals surface area contributed by atoms with Crippen LogP contribution in [0.5, 0.6) is 0 Å². The van der Waals surface area contributed by atoms with Crippen molar-refractivity contribution in [2.75, 3.05) is 16.0 Å². The Bertz CT molecular complexity index is 1180. The molecule has 0 spiro atoms. The molecule has 4 aromatic rings. The molecule has 1 aliphatic heterocycles. The van der Waals surface area contributed by atoms with Crippen molar-refractivity contribution in [3.63, 3.8) is 0 Å². The molecule has 0 atom stereocenters. The summed E-state index contributed by atoms with van der Waals surface area (Å²) in [5.41, 5.74) is 5.54. The molecule has 1 amide bonds. The SMILES string of the molecule is O=C(CSc1nnc(NCc2ccccc2)s1)N1c2ccccc2CCc2ccccc21. The number of thioether (sulfide) groups is 1. The molecule has 0 fully saturated rings. The molecule has 32 heavy (non-hydrogen) atoms. The number of hydrogen-bond acceptors (Lipinski definition) is 6. The number of para-hydroxylation sites is 2. The Morgan fingerprint density at radius 3 is 2.19 bits per heavy atom. The Hall–Kier alpha value is -3.16. The Balaban J connectivity index is 1.29. The number of fused-ring (bicyclic) bond motifs is 2. The average Bonchev–Trinajstić information content (AvgIpc) is 3.23. The second-order valence-corrected chi connectivity index (χ2v) is 9.69. The van der Waals surface area contributed by atoms with Gasteiger partial charge < -0.3 is 5.32 Å². The third-order valence-corrected chi connectivity index (χ3v) is 7.39. The number of nitrogens with one attached hydrogen (secondary N) is 1. The lowest BCUT2D eigenvalue weighted by Crippen LogP contribution is -2.28. The molecule has 0 aliphatic carbocycles. The van der Waals surface area contributed by atoms with Gasteiger partial charge in [-0.2, -0.15) is 0 Å². The van der Waals surface area contributed by atoms with E-state index >= 15 is 0 Å². The van der Waals surface area contributed by atoms with E-state index in [1.54, 1.807) is 0 Å². The molecule has 1 aliphatic rings. The highest BCUT2D eigenvalue weighted by molar-refractivity contribution is 8.01. The molecule has 5 nitrogen and oxygen atoms in total. The van der Waals surface area contributed by atoms with Gasteiger partial charge >= 0.3 is 0 Å². The first-order chi connectivity index (χ1) is 15.8. The van der Waals surface area contributed by atoms with Gasteiger partial charge in [-0.1, -0.05) is 89.8 Å². The summed E-state index contributed by atoms with van der Waals surface area (Å²) in [5, 5.41) is 12.5. The van der Waals surface area contributed by atoms with Gasteiger partial charge in [0.15, 0.2) is 4.34 Å². The standard InChI is InChI=1S/C25H22N4OS2/c30-23(17-31-25-28-27-24(32-25)26-16-18-8-2-1-3-9-18)29-21-12-6-4-10-19(21)14-15-20-11-5-7-13-22(20)29/h1-13H,14-17H2,(H,26,27). The maximum Gasteiger partial charge on any atom is 0.242 e. The number of anilines is 3. The van der Waals surface area contributed by atoms with Crippen LogP contribution >= 0.6 is 23.1 Å². The van der Waals surface area contributed by atoms with Gasteiger partial charge in [0.2, 0.25) is 11.0 Å². The van der Waals surface area contributed by atoms with E-state index in [1.807, 2.05) is 59.5 Å². The summed E-state index contributed by atoms with van der Waals surface area (Å²) in [7, 11) is 0. The fourth-order valence-electron chi connectivity index (χ4n) is 3.85. The van der Waals surface area contributed by atoms with Crippen molar-refractivity contribution < 1.29 is 4.79 Å². The first kappa shape index (κ1) is 20.7. The molecule has 7 heteroatoms. The summed E-state index contributed by atoms with van der Waals surface area (Å²) < 4.78 is 0.783. The first-order valence-corrected chi connectivity index (χ1v) is 12.3. The van der Waals surface area contributed by atoms with E-state index in [0.29, 0.717) is 12.3 Å². The fraction of sp³-hybridized carbons (Fsp3) is 0.160. The minimum absolute atomic E-state index is 0.0470. The predicted molar refractivity (Wildman–Crippen MR) is 132 cm³/mol. The summed E-state index contributed by atoms with van der Waals surface area (Å²) in [6, 6.07) is 26.5. The Labute approximate surface area is 195 Å². The zero-order valence-corrected chi connectivity index (χ0v) is 19.0. The number of rotatable bonds is 6. The second-order valence-electron chi connectivity index (χ2n) is 7.49. The average molecular weight is 459 g/mol. The van der Waals surface area contributed by atoms with E-state index in [1.165, 1.54) is 39.8 Å². The molecule has 2 heterocycles. The summed E-state index contributed by atoms with van der Waals surface area (Å²) >= 11 is 2.91. The molecule has 3 aromatic carbocycles. The van der Waals surface area contributed by atoms with Crippen molar-refractivity contribution in [2.24, 2.45) is 0 Å². The minimum Gasteiger partial charge on any atom is -0.356 e. The number of carbonyl (C=O) groups is 1. The van der Waals surface area contributed by atoms with E-state index in [-0.39, 0.29) is 5.91 Å². The highest BCUT2D eigenvalue weighted by atomic mass is 32.2. The van der Waals surface area contributed by atoms with Crippen LogP contribution in [0.25, 0.3) is 0 Å². The zero-order valence-electron chi connectivity index (χ0n) is 17.4. The summed E-state index contributed by atoms with van der Waals surface area (Å²) in [4.78, 5) is 15.3. The number of amides is 1. The number of benzene rings is 3. The number of hydrogen-bond donors (Lipinski definition) is 1. The largest absolute Gasteiger partial charge is 0.356 e. The Kier molecular flexibility index (Phi) is 6.18. The maximum absolute atomic E-state index is 13.4. The highest BCUT2D eigenvalue weighted by Gasteiger charge is 2.25. The Morgan fingerprint density at radius 2 is 1.50 bits per heavy atom. The van der Waals surface area contributed by atoms with Crippen LogP contribution in [-0.2, 0) is 24.2 Å². The topological polar surface area (TPSA) is 58.1 Å². The molecule has 0 saturated heterocycles. The van der Waals surface area contributed by atoms with Gasteiger partial charge in [-0.25, -0.2) is 0 Å². The number of nitrogens with zero attached hydrogens (tertiary/aromatic N) is 3. The molecule has 0 radical (unpaired) electrons. The van der Waals surface area contributed by atoms with Crippen LogP contribution in [0, 0.1) is 0 Å². The lowest BCUT2D eigenvalue weighted by molar-refractivity contribution is -0.115. The van der Waals surface area contributed by atoms with Crippen LogP contribution in [0.1, 0.15) is 16.7 Å². The van der Waals surface area contributed by atoms with Crippen LogP contribution in [0.4, 0.5) is 16.5 Å². The van der Waals surface area contributed by atoms with Gasteiger partial charge in [0, 0.05) is 6.54 Å². The molecule has 5 rings (SSSR count). The van der Waals surface area contributed by atoms with Gasteiger partial charge in [-0.15, -0.1) is 10.2 Å². The molecule has 0 bridgehead atoms. The van der Waals surface area contributed by atoms with Crippen LogP contribution in [0.15, 0.2) is 83.2 Å². The minimum atomic E-state index is 0.0470. The molecule has 0 unspecified atom stereocenters. The number of aromatic nitrogens is 2. The summed E-state index contributed by atoms with van der Waals surface area (Å²) in [6.07, 6.45) is 1.86. The summed E-state index contributed by atoms with van der Waals surface area (Å²) in [6.45, 7) is 0.695. The van der Waals surface area contributed by atoms with Crippen LogP contribution in [-0.4, -0.2) is 21.9 Å². The van der Waals surface area contributed by atoms with Crippen molar-refractivity contribution in [3.8, 4) is 0 Å². The fourth-order valence-corrected chi connectivity index (χ4v) is 5.45. The van der Waals surface area contributed by atoms with E-state index in [0.717, 1.165) is 33.7 Å². The smallest absolute Gasteiger partial charge is 0.242 e. The number of carbonyl (C=O) groups excluding carboxylic acids is 1. The lowest BCUT2D eigenvalue weighted by atomic mass is 10.0. The number of aryl methyl sites for hydroxylation is 2. The quantitative estimate of drug-likeness (QED) is 0.375.